The van der Waals surface area contributed by atoms with E-state index >= 15 is 0 Å². The molecule has 0 atom stereocenters. The summed E-state index contributed by atoms with van der Waals surface area (Å²) < 4.78 is 14.9. The number of benzene rings is 2. The van der Waals surface area contributed by atoms with Crippen molar-refractivity contribution in [2.45, 2.75) is 24.9 Å². The number of amides is 1. The average molecular weight is 447 g/mol. The fourth-order valence-corrected chi connectivity index (χ4v) is 3.84. The molecule has 0 radical (unpaired) electrons. The first kappa shape index (κ1) is 22.0. The van der Waals surface area contributed by atoms with E-state index in [0.29, 0.717) is 41.0 Å². The van der Waals surface area contributed by atoms with Gasteiger partial charge in [-0.15, -0.1) is 10.2 Å². The molecule has 2 aromatic carbocycles. The van der Waals surface area contributed by atoms with Crippen molar-refractivity contribution >= 4 is 35.1 Å². The van der Waals surface area contributed by atoms with E-state index in [1.54, 1.807) is 12.1 Å². The first-order chi connectivity index (χ1) is 14.4. The Morgan fingerprint density at radius 3 is 2.63 bits per heavy atom. The molecule has 30 heavy (non-hydrogen) atoms. The summed E-state index contributed by atoms with van der Waals surface area (Å²) in [5.74, 6) is 0.244. The summed E-state index contributed by atoms with van der Waals surface area (Å²) in [5, 5.41) is 12.4. The smallest absolute Gasteiger partial charge is 0.216 e. The number of hydrogen-bond acceptors (Lipinski definition) is 5. The molecule has 1 heterocycles. The molecule has 1 amide bonds. The third-order valence-corrected chi connectivity index (χ3v) is 5.38. The number of ketones is 1. The molecule has 0 saturated heterocycles. The van der Waals surface area contributed by atoms with Gasteiger partial charge in [-0.25, -0.2) is 4.39 Å². The Hall–Kier alpha value is -2.71. The number of nitrogens with zero attached hydrogens (tertiary/aromatic N) is 3. The van der Waals surface area contributed by atoms with Crippen LogP contribution < -0.4 is 5.32 Å². The molecule has 3 aromatic rings. The van der Waals surface area contributed by atoms with Gasteiger partial charge in [0.15, 0.2) is 10.9 Å². The van der Waals surface area contributed by atoms with Gasteiger partial charge >= 0.3 is 0 Å². The molecule has 1 N–H and O–H groups in total. The average Bonchev–Trinajstić information content (AvgIpc) is 3.12. The number of aromatic nitrogens is 3. The van der Waals surface area contributed by atoms with Gasteiger partial charge in [0.2, 0.25) is 5.91 Å². The Balaban J connectivity index is 1.78. The van der Waals surface area contributed by atoms with Crippen LogP contribution in [0.25, 0.3) is 5.69 Å². The third-order valence-electron chi connectivity index (χ3n) is 4.22. The van der Waals surface area contributed by atoms with Gasteiger partial charge in [-0.05, 0) is 48.9 Å². The number of Topliss-reactive ketones (excluding diaryl/α,β-unsaturated/α-hetero) is 1. The van der Waals surface area contributed by atoms with Crippen molar-refractivity contribution in [1.82, 2.24) is 20.1 Å². The normalized spacial score (nSPS) is 10.8. The Morgan fingerprint density at radius 1 is 1.17 bits per heavy atom. The zero-order valence-corrected chi connectivity index (χ0v) is 17.8. The molecule has 0 fully saturated rings. The van der Waals surface area contributed by atoms with Crippen LogP contribution in [0, 0.1) is 5.82 Å². The lowest BCUT2D eigenvalue weighted by atomic mass is 10.1. The minimum Gasteiger partial charge on any atom is -0.356 e. The van der Waals surface area contributed by atoms with Crippen molar-refractivity contribution in [3.63, 3.8) is 0 Å². The second-order valence-corrected chi connectivity index (χ2v) is 7.90. The Kier molecular flexibility index (Phi) is 7.59. The molecule has 0 spiro atoms. The lowest BCUT2D eigenvalue weighted by Gasteiger charge is -2.11. The minimum absolute atomic E-state index is 0.0816. The molecule has 0 aliphatic rings. The van der Waals surface area contributed by atoms with Crippen LogP contribution in [0.2, 0.25) is 5.02 Å². The Bertz CT molecular complexity index is 1040. The summed E-state index contributed by atoms with van der Waals surface area (Å²) in [7, 11) is 0. The van der Waals surface area contributed by atoms with E-state index in [0.717, 1.165) is 5.69 Å². The van der Waals surface area contributed by atoms with Gasteiger partial charge in [-0.2, -0.15) is 0 Å². The van der Waals surface area contributed by atoms with E-state index < -0.39 is 0 Å². The number of halogens is 2. The summed E-state index contributed by atoms with van der Waals surface area (Å²) in [6.07, 6.45) is 1.28. The van der Waals surface area contributed by atoms with Crippen molar-refractivity contribution in [2.75, 3.05) is 12.3 Å². The molecule has 3 rings (SSSR count). The standard InChI is InChI=1S/C21H20ClFN4O2S/c1-14(28)24-11-3-6-20-25-26-21(27(20)18-5-2-4-16(22)12-18)30-13-19(29)15-7-9-17(23)10-8-15/h2,4-5,7-10,12H,3,6,11,13H2,1H3,(H,24,28). The predicted octanol–water partition coefficient (Wildman–Crippen LogP) is 4.10. The lowest BCUT2D eigenvalue weighted by molar-refractivity contribution is -0.118. The molecule has 0 aliphatic heterocycles. The zero-order valence-electron chi connectivity index (χ0n) is 16.3. The molecule has 156 valence electrons. The number of aryl methyl sites for hydroxylation is 1. The first-order valence-corrected chi connectivity index (χ1v) is 10.7. The van der Waals surface area contributed by atoms with E-state index in [2.05, 4.69) is 15.5 Å². The lowest BCUT2D eigenvalue weighted by Crippen LogP contribution is -2.21. The van der Waals surface area contributed by atoms with Gasteiger partial charge in [-0.3, -0.25) is 14.2 Å². The highest BCUT2D eigenvalue weighted by atomic mass is 35.5. The summed E-state index contributed by atoms with van der Waals surface area (Å²) in [5.41, 5.74) is 1.23. The van der Waals surface area contributed by atoms with Crippen LogP contribution in [0.3, 0.4) is 0 Å². The maximum atomic E-state index is 13.1. The van der Waals surface area contributed by atoms with Gasteiger partial charge in [0.05, 0.1) is 11.4 Å². The van der Waals surface area contributed by atoms with E-state index in [4.69, 9.17) is 11.6 Å². The van der Waals surface area contributed by atoms with Crippen molar-refractivity contribution in [2.24, 2.45) is 0 Å². The second-order valence-electron chi connectivity index (χ2n) is 6.52. The first-order valence-electron chi connectivity index (χ1n) is 9.30. The second kappa shape index (κ2) is 10.4. The van der Waals surface area contributed by atoms with Crippen LogP contribution in [-0.2, 0) is 11.2 Å². The number of nitrogens with one attached hydrogen (secondary N) is 1. The number of hydrogen-bond donors (Lipinski definition) is 1. The van der Waals surface area contributed by atoms with Gasteiger partial charge in [0, 0.05) is 30.5 Å². The topological polar surface area (TPSA) is 76.9 Å². The summed E-state index contributed by atoms with van der Waals surface area (Å²) in [6, 6.07) is 12.7. The van der Waals surface area contributed by atoms with Crippen LogP contribution >= 0.6 is 23.4 Å². The van der Waals surface area contributed by atoms with Crippen LogP contribution in [-0.4, -0.2) is 38.8 Å². The minimum atomic E-state index is -0.385. The quantitative estimate of drug-likeness (QED) is 0.304. The molecule has 1 aromatic heterocycles. The monoisotopic (exact) mass is 446 g/mol. The summed E-state index contributed by atoms with van der Waals surface area (Å²) in [4.78, 5) is 23.5. The Labute approximate surface area is 182 Å². The molecule has 0 aliphatic carbocycles. The van der Waals surface area contributed by atoms with E-state index in [9.17, 15) is 14.0 Å². The van der Waals surface area contributed by atoms with Crippen LogP contribution in [0.15, 0.2) is 53.7 Å². The highest BCUT2D eigenvalue weighted by Gasteiger charge is 2.17. The third kappa shape index (κ3) is 5.90. The number of carbonyl (C=O) groups is 2. The highest BCUT2D eigenvalue weighted by Crippen LogP contribution is 2.25. The van der Waals surface area contributed by atoms with Gasteiger partial charge < -0.3 is 5.32 Å². The van der Waals surface area contributed by atoms with E-state index in [1.165, 1.54) is 43.0 Å². The fraction of sp³-hybridized carbons (Fsp3) is 0.238. The molecule has 0 bridgehead atoms. The number of rotatable bonds is 9. The SMILES string of the molecule is CC(=O)NCCCc1nnc(SCC(=O)c2ccc(F)cc2)n1-c1cccc(Cl)c1. The molecular weight excluding hydrogens is 427 g/mol. The largest absolute Gasteiger partial charge is 0.356 e. The molecule has 0 unspecified atom stereocenters. The van der Waals surface area contributed by atoms with Crippen molar-refractivity contribution < 1.29 is 14.0 Å². The van der Waals surface area contributed by atoms with E-state index in [-0.39, 0.29) is 23.3 Å². The highest BCUT2D eigenvalue weighted by molar-refractivity contribution is 7.99. The van der Waals surface area contributed by atoms with Gasteiger partial charge in [0.1, 0.15) is 11.6 Å². The van der Waals surface area contributed by atoms with Crippen molar-refractivity contribution in [3.05, 3.63) is 70.8 Å². The van der Waals surface area contributed by atoms with Crippen LogP contribution in [0.4, 0.5) is 4.39 Å². The summed E-state index contributed by atoms with van der Waals surface area (Å²) in [6.45, 7) is 2.00. The number of carbonyl (C=O) groups excluding carboxylic acids is 2. The molecule has 0 saturated carbocycles. The molecule has 6 nitrogen and oxygen atoms in total. The fourth-order valence-electron chi connectivity index (χ4n) is 2.79. The summed E-state index contributed by atoms with van der Waals surface area (Å²) >= 11 is 7.41. The number of thioether (sulfide) groups is 1. The van der Waals surface area contributed by atoms with E-state index in [1.807, 2.05) is 16.7 Å². The maximum absolute atomic E-state index is 13.1. The van der Waals surface area contributed by atoms with Crippen LogP contribution in [0.5, 0.6) is 0 Å². The predicted molar refractivity (Wildman–Crippen MR) is 115 cm³/mol. The zero-order chi connectivity index (χ0) is 21.5. The van der Waals surface area contributed by atoms with Gasteiger partial charge in [-0.1, -0.05) is 29.4 Å². The van der Waals surface area contributed by atoms with Crippen molar-refractivity contribution in [1.29, 1.82) is 0 Å². The van der Waals surface area contributed by atoms with Gasteiger partial charge in [0.25, 0.3) is 0 Å². The Morgan fingerprint density at radius 2 is 1.93 bits per heavy atom. The van der Waals surface area contributed by atoms with Crippen molar-refractivity contribution in [3.8, 4) is 5.69 Å². The molecule has 9 heteroatoms. The maximum Gasteiger partial charge on any atom is 0.216 e. The molecular formula is C21H20ClFN4O2S. The van der Waals surface area contributed by atoms with Crippen LogP contribution in [0.1, 0.15) is 29.5 Å².